The van der Waals surface area contributed by atoms with E-state index in [9.17, 15) is 0 Å². The maximum atomic E-state index is 5.94. The van der Waals surface area contributed by atoms with Gasteiger partial charge in [0.2, 0.25) is 0 Å². The van der Waals surface area contributed by atoms with E-state index in [1.54, 1.807) is 10.9 Å². The number of para-hydroxylation sites is 2. The zero-order valence-corrected chi connectivity index (χ0v) is 10.2. The lowest BCUT2D eigenvalue weighted by atomic mass is 10.2. The Hall–Kier alpha value is -1.88. The molecule has 2 aromatic rings. The summed E-state index contributed by atoms with van der Waals surface area (Å²) in [6.45, 7) is 0. The molecule has 0 saturated heterocycles. The zero-order chi connectivity index (χ0) is 12.4. The Labute approximate surface area is 106 Å². The van der Waals surface area contributed by atoms with Crippen LogP contribution in [0.2, 0.25) is 0 Å². The van der Waals surface area contributed by atoms with Gasteiger partial charge in [0, 0.05) is 12.1 Å². The molecular weight excluding hydrogens is 226 g/mol. The van der Waals surface area contributed by atoms with Crippen LogP contribution in [0.4, 0.5) is 5.69 Å². The summed E-state index contributed by atoms with van der Waals surface area (Å²) in [5.74, 6) is 0. The molecule has 5 heteroatoms. The fraction of sp³-hybridized carbons (Fsp3) is 0.385. The highest BCUT2D eigenvalue weighted by molar-refractivity contribution is 5.61. The van der Waals surface area contributed by atoms with E-state index in [0.29, 0.717) is 12.1 Å². The van der Waals surface area contributed by atoms with E-state index < -0.39 is 0 Å². The lowest BCUT2D eigenvalue weighted by molar-refractivity contribution is 0.687. The van der Waals surface area contributed by atoms with Gasteiger partial charge >= 0.3 is 0 Å². The Morgan fingerprint density at radius 1 is 1.28 bits per heavy atom. The summed E-state index contributed by atoms with van der Waals surface area (Å²) in [6.07, 6.45) is 6.80. The third-order valence-electron chi connectivity index (χ3n) is 3.41. The summed E-state index contributed by atoms with van der Waals surface area (Å²) in [4.78, 5) is 0. The van der Waals surface area contributed by atoms with Crippen molar-refractivity contribution in [1.29, 1.82) is 0 Å². The Kier molecular flexibility index (Phi) is 2.98. The first-order valence-corrected chi connectivity index (χ1v) is 6.31. The SMILES string of the molecule is NC1CCC(Nc2ccccc2-n2ccnn2)C1. The predicted octanol–water partition coefficient (Wildman–Crippen LogP) is 1.56. The number of anilines is 1. The molecule has 1 saturated carbocycles. The average molecular weight is 243 g/mol. The van der Waals surface area contributed by atoms with Crippen LogP contribution in [0.25, 0.3) is 5.69 Å². The van der Waals surface area contributed by atoms with E-state index in [1.807, 2.05) is 24.4 Å². The van der Waals surface area contributed by atoms with Gasteiger partial charge in [-0.2, -0.15) is 0 Å². The maximum Gasteiger partial charge on any atom is 0.0894 e. The lowest BCUT2D eigenvalue weighted by Gasteiger charge is -2.16. The molecular formula is C13H17N5. The molecule has 5 nitrogen and oxygen atoms in total. The highest BCUT2D eigenvalue weighted by Gasteiger charge is 2.22. The normalized spacial score (nSPS) is 23.2. The summed E-state index contributed by atoms with van der Waals surface area (Å²) < 4.78 is 1.78. The number of rotatable bonds is 3. The van der Waals surface area contributed by atoms with Crippen molar-refractivity contribution >= 4 is 5.69 Å². The average Bonchev–Trinajstić information content (AvgIpc) is 3.02. The number of hydrogen-bond donors (Lipinski definition) is 2. The highest BCUT2D eigenvalue weighted by Crippen LogP contribution is 2.25. The number of aromatic nitrogens is 3. The van der Waals surface area contributed by atoms with E-state index in [-0.39, 0.29) is 0 Å². The molecule has 0 spiro atoms. The van der Waals surface area contributed by atoms with Gasteiger partial charge in [0.25, 0.3) is 0 Å². The molecule has 3 rings (SSSR count). The maximum absolute atomic E-state index is 5.94. The van der Waals surface area contributed by atoms with Crippen LogP contribution in [0.3, 0.4) is 0 Å². The lowest BCUT2D eigenvalue weighted by Crippen LogP contribution is -2.21. The second-order valence-corrected chi connectivity index (χ2v) is 4.78. The standard InChI is InChI=1S/C13H17N5/c14-10-5-6-11(9-10)16-12-3-1-2-4-13(12)18-8-7-15-17-18/h1-4,7-8,10-11,16H,5-6,9,14H2. The molecule has 2 unspecified atom stereocenters. The summed E-state index contributed by atoms with van der Waals surface area (Å²) in [6, 6.07) is 8.93. The zero-order valence-electron chi connectivity index (χ0n) is 10.2. The van der Waals surface area contributed by atoms with Crippen LogP contribution in [0, 0.1) is 0 Å². The molecule has 1 aliphatic carbocycles. The predicted molar refractivity (Wildman–Crippen MR) is 70.6 cm³/mol. The molecule has 2 atom stereocenters. The molecule has 3 N–H and O–H groups in total. The summed E-state index contributed by atoms with van der Waals surface area (Å²) in [7, 11) is 0. The number of hydrogen-bond acceptors (Lipinski definition) is 4. The molecule has 0 aliphatic heterocycles. The van der Waals surface area contributed by atoms with E-state index in [1.165, 1.54) is 0 Å². The van der Waals surface area contributed by atoms with Gasteiger partial charge < -0.3 is 11.1 Å². The van der Waals surface area contributed by atoms with Gasteiger partial charge in [0.1, 0.15) is 0 Å². The molecule has 94 valence electrons. The van der Waals surface area contributed by atoms with Crippen molar-refractivity contribution in [2.75, 3.05) is 5.32 Å². The van der Waals surface area contributed by atoms with E-state index in [0.717, 1.165) is 30.6 Å². The third-order valence-corrected chi connectivity index (χ3v) is 3.41. The minimum absolute atomic E-state index is 0.334. The molecule has 1 fully saturated rings. The van der Waals surface area contributed by atoms with Crippen LogP contribution in [-0.2, 0) is 0 Å². The van der Waals surface area contributed by atoms with Gasteiger partial charge in [0.15, 0.2) is 0 Å². The monoisotopic (exact) mass is 243 g/mol. The van der Waals surface area contributed by atoms with Gasteiger partial charge in [-0.3, -0.25) is 0 Å². The van der Waals surface area contributed by atoms with Crippen molar-refractivity contribution in [1.82, 2.24) is 15.0 Å². The van der Waals surface area contributed by atoms with Crippen LogP contribution in [0.1, 0.15) is 19.3 Å². The first-order chi connectivity index (χ1) is 8.83. The van der Waals surface area contributed by atoms with Crippen molar-refractivity contribution < 1.29 is 0 Å². The number of nitrogens with zero attached hydrogens (tertiary/aromatic N) is 3. The second kappa shape index (κ2) is 4.78. The summed E-state index contributed by atoms with van der Waals surface area (Å²) in [5.41, 5.74) is 8.05. The van der Waals surface area contributed by atoms with Crippen LogP contribution in [0.5, 0.6) is 0 Å². The minimum atomic E-state index is 0.334. The van der Waals surface area contributed by atoms with Crippen LogP contribution < -0.4 is 11.1 Å². The molecule has 1 aromatic carbocycles. The van der Waals surface area contributed by atoms with E-state index in [4.69, 9.17) is 5.73 Å². The molecule has 1 heterocycles. The first kappa shape index (κ1) is 11.2. The van der Waals surface area contributed by atoms with Crippen molar-refractivity contribution in [3.05, 3.63) is 36.7 Å². The Morgan fingerprint density at radius 2 is 2.17 bits per heavy atom. The van der Waals surface area contributed by atoms with Gasteiger partial charge in [0.05, 0.1) is 23.8 Å². The quantitative estimate of drug-likeness (QED) is 0.858. The molecule has 1 aromatic heterocycles. The second-order valence-electron chi connectivity index (χ2n) is 4.78. The fourth-order valence-electron chi connectivity index (χ4n) is 2.50. The third kappa shape index (κ3) is 2.22. The Morgan fingerprint density at radius 3 is 2.89 bits per heavy atom. The molecule has 0 radical (unpaired) electrons. The van der Waals surface area contributed by atoms with Gasteiger partial charge in [-0.05, 0) is 31.4 Å². The van der Waals surface area contributed by atoms with Crippen molar-refractivity contribution in [3.8, 4) is 5.69 Å². The van der Waals surface area contributed by atoms with Crippen LogP contribution in [-0.4, -0.2) is 27.1 Å². The molecule has 0 bridgehead atoms. The van der Waals surface area contributed by atoms with Crippen molar-refractivity contribution in [3.63, 3.8) is 0 Å². The summed E-state index contributed by atoms with van der Waals surface area (Å²) >= 11 is 0. The molecule has 18 heavy (non-hydrogen) atoms. The van der Waals surface area contributed by atoms with E-state index in [2.05, 4.69) is 21.7 Å². The minimum Gasteiger partial charge on any atom is -0.381 e. The molecule has 1 aliphatic rings. The van der Waals surface area contributed by atoms with Crippen molar-refractivity contribution in [2.45, 2.75) is 31.3 Å². The largest absolute Gasteiger partial charge is 0.381 e. The van der Waals surface area contributed by atoms with E-state index >= 15 is 0 Å². The first-order valence-electron chi connectivity index (χ1n) is 6.31. The van der Waals surface area contributed by atoms with Gasteiger partial charge in [-0.25, -0.2) is 4.68 Å². The summed E-state index contributed by atoms with van der Waals surface area (Å²) in [5, 5.41) is 11.4. The highest BCUT2D eigenvalue weighted by atomic mass is 15.4. The van der Waals surface area contributed by atoms with Gasteiger partial charge in [-0.15, -0.1) is 5.10 Å². The number of nitrogens with one attached hydrogen (secondary N) is 1. The van der Waals surface area contributed by atoms with Crippen LogP contribution >= 0.6 is 0 Å². The van der Waals surface area contributed by atoms with Crippen molar-refractivity contribution in [2.24, 2.45) is 5.73 Å². The topological polar surface area (TPSA) is 68.8 Å². The number of benzene rings is 1. The fourth-order valence-corrected chi connectivity index (χ4v) is 2.50. The Bertz CT molecular complexity index is 508. The Balaban J connectivity index is 1.84. The van der Waals surface area contributed by atoms with Gasteiger partial charge in [-0.1, -0.05) is 17.3 Å². The number of nitrogens with two attached hydrogens (primary N) is 1. The smallest absolute Gasteiger partial charge is 0.0894 e. The molecule has 0 amide bonds. The van der Waals surface area contributed by atoms with Crippen LogP contribution in [0.15, 0.2) is 36.7 Å².